The molecular formula is C14H9N3O3. The molecule has 0 aliphatic carbocycles. The Balaban J connectivity index is 1.92. The standard InChI is InChI=1S/C14H9N3O3/c18-13(19)11-5-7-16-14(17-11)20-10-4-3-9-2-1-6-15-12(9)8-10/h1-8H,(H,18,19). The number of benzene rings is 1. The van der Waals surface area contributed by atoms with Crippen LogP contribution in [0.15, 0.2) is 48.8 Å². The number of hydrogen-bond acceptors (Lipinski definition) is 5. The Bertz CT molecular complexity index is 789. The maximum Gasteiger partial charge on any atom is 0.354 e. The van der Waals surface area contributed by atoms with E-state index in [1.165, 1.54) is 12.3 Å². The van der Waals surface area contributed by atoms with Crippen molar-refractivity contribution in [2.45, 2.75) is 0 Å². The van der Waals surface area contributed by atoms with E-state index in [2.05, 4.69) is 15.0 Å². The van der Waals surface area contributed by atoms with Crippen LogP contribution in [0.25, 0.3) is 10.9 Å². The van der Waals surface area contributed by atoms with Gasteiger partial charge in [-0.05, 0) is 24.3 Å². The molecule has 98 valence electrons. The monoisotopic (exact) mass is 267 g/mol. The fraction of sp³-hybridized carbons (Fsp3) is 0. The number of aromatic carboxylic acids is 1. The molecular weight excluding hydrogens is 258 g/mol. The fourth-order valence-electron chi connectivity index (χ4n) is 1.72. The van der Waals surface area contributed by atoms with Crippen LogP contribution in [-0.4, -0.2) is 26.0 Å². The molecule has 1 aromatic carbocycles. The molecule has 0 radical (unpaired) electrons. The van der Waals surface area contributed by atoms with Gasteiger partial charge in [-0.15, -0.1) is 0 Å². The van der Waals surface area contributed by atoms with Crippen LogP contribution in [0.1, 0.15) is 10.5 Å². The molecule has 2 aromatic heterocycles. The van der Waals surface area contributed by atoms with Gasteiger partial charge in [0.15, 0.2) is 5.69 Å². The number of nitrogens with zero attached hydrogens (tertiary/aromatic N) is 3. The molecule has 20 heavy (non-hydrogen) atoms. The SMILES string of the molecule is O=C(O)c1ccnc(Oc2ccc3cccnc3c2)n1. The average Bonchev–Trinajstić information content (AvgIpc) is 2.47. The van der Waals surface area contributed by atoms with Crippen molar-refractivity contribution in [2.75, 3.05) is 0 Å². The van der Waals surface area contributed by atoms with Crippen molar-refractivity contribution in [3.63, 3.8) is 0 Å². The third-order valence-corrected chi connectivity index (χ3v) is 2.64. The van der Waals surface area contributed by atoms with Crippen LogP contribution in [0, 0.1) is 0 Å². The van der Waals surface area contributed by atoms with Crippen molar-refractivity contribution in [3.8, 4) is 11.8 Å². The lowest BCUT2D eigenvalue weighted by Gasteiger charge is -2.05. The first-order chi connectivity index (χ1) is 9.72. The quantitative estimate of drug-likeness (QED) is 0.784. The van der Waals surface area contributed by atoms with Gasteiger partial charge in [0.1, 0.15) is 5.75 Å². The summed E-state index contributed by atoms with van der Waals surface area (Å²) >= 11 is 0. The van der Waals surface area contributed by atoms with E-state index >= 15 is 0 Å². The van der Waals surface area contributed by atoms with Gasteiger partial charge in [0.25, 0.3) is 0 Å². The summed E-state index contributed by atoms with van der Waals surface area (Å²) in [6, 6.07) is 10.4. The summed E-state index contributed by atoms with van der Waals surface area (Å²) in [5, 5.41) is 9.85. The highest BCUT2D eigenvalue weighted by Crippen LogP contribution is 2.22. The van der Waals surface area contributed by atoms with Crippen molar-refractivity contribution in [1.82, 2.24) is 15.0 Å². The predicted molar refractivity (Wildman–Crippen MR) is 70.8 cm³/mol. The highest BCUT2D eigenvalue weighted by atomic mass is 16.5. The van der Waals surface area contributed by atoms with Gasteiger partial charge in [0.2, 0.25) is 0 Å². The Morgan fingerprint density at radius 1 is 1.10 bits per heavy atom. The van der Waals surface area contributed by atoms with Crippen molar-refractivity contribution in [2.24, 2.45) is 0 Å². The summed E-state index contributed by atoms with van der Waals surface area (Å²) < 4.78 is 5.45. The molecule has 3 aromatic rings. The van der Waals surface area contributed by atoms with Gasteiger partial charge in [-0.25, -0.2) is 9.78 Å². The van der Waals surface area contributed by atoms with E-state index in [9.17, 15) is 4.79 Å². The lowest BCUT2D eigenvalue weighted by molar-refractivity contribution is 0.0689. The summed E-state index contributed by atoms with van der Waals surface area (Å²) in [5.74, 6) is -0.629. The molecule has 6 nitrogen and oxygen atoms in total. The first-order valence-corrected chi connectivity index (χ1v) is 5.81. The first kappa shape index (κ1) is 12.0. The van der Waals surface area contributed by atoms with E-state index in [4.69, 9.17) is 9.84 Å². The van der Waals surface area contributed by atoms with E-state index in [0.29, 0.717) is 5.75 Å². The Labute approximate surface area is 113 Å². The minimum atomic E-state index is -1.13. The molecule has 0 fully saturated rings. The number of carboxylic acids is 1. The summed E-state index contributed by atoms with van der Waals surface area (Å²) in [5.41, 5.74) is 0.660. The van der Waals surface area contributed by atoms with Gasteiger partial charge in [0.05, 0.1) is 5.52 Å². The maximum absolute atomic E-state index is 10.8. The second-order valence-corrected chi connectivity index (χ2v) is 3.99. The van der Waals surface area contributed by atoms with Crippen LogP contribution in [-0.2, 0) is 0 Å². The van der Waals surface area contributed by atoms with Crippen molar-refractivity contribution < 1.29 is 14.6 Å². The topological polar surface area (TPSA) is 85.2 Å². The lowest BCUT2D eigenvalue weighted by Crippen LogP contribution is -2.02. The van der Waals surface area contributed by atoms with E-state index in [1.807, 2.05) is 18.2 Å². The summed E-state index contributed by atoms with van der Waals surface area (Å²) in [4.78, 5) is 22.7. The van der Waals surface area contributed by atoms with Gasteiger partial charge < -0.3 is 9.84 Å². The molecule has 2 heterocycles. The number of fused-ring (bicyclic) bond motifs is 1. The number of pyridine rings is 1. The minimum absolute atomic E-state index is 0.0137. The van der Waals surface area contributed by atoms with E-state index in [-0.39, 0.29) is 11.7 Å². The van der Waals surface area contributed by atoms with Crippen LogP contribution in [0.5, 0.6) is 11.8 Å². The van der Waals surface area contributed by atoms with Crippen LogP contribution >= 0.6 is 0 Å². The largest absolute Gasteiger partial charge is 0.477 e. The molecule has 0 saturated heterocycles. The molecule has 0 aliphatic rings. The van der Waals surface area contributed by atoms with Gasteiger partial charge in [-0.1, -0.05) is 6.07 Å². The molecule has 0 spiro atoms. The number of carboxylic acid groups (broad SMARTS) is 1. The van der Waals surface area contributed by atoms with Crippen molar-refractivity contribution in [1.29, 1.82) is 0 Å². The van der Waals surface area contributed by atoms with Gasteiger partial charge in [-0.3, -0.25) is 4.98 Å². The summed E-state index contributed by atoms with van der Waals surface area (Å²) in [6.07, 6.45) is 3.03. The third-order valence-electron chi connectivity index (χ3n) is 2.64. The Hall–Kier alpha value is -3.02. The molecule has 0 atom stereocenters. The van der Waals surface area contributed by atoms with E-state index in [0.717, 1.165) is 10.9 Å². The Morgan fingerprint density at radius 3 is 2.85 bits per heavy atom. The predicted octanol–water partition coefficient (Wildman–Crippen LogP) is 2.52. The number of ether oxygens (including phenoxy) is 1. The smallest absolute Gasteiger partial charge is 0.354 e. The normalized spacial score (nSPS) is 10.4. The van der Waals surface area contributed by atoms with E-state index < -0.39 is 5.97 Å². The molecule has 3 rings (SSSR count). The number of rotatable bonds is 3. The zero-order valence-electron chi connectivity index (χ0n) is 10.2. The first-order valence-electron chi connectivity index (χ1n) is 5.81. The van der Waals surface area contributed by atoms with Crippen molar-refractivity contribution >= 4 is 16.9 Å². The van der Waals surface area contributed by atoms with Gasteiger partial charge >= 0.3 is 12.0 Å². The van der Waals surface area contributed by atoms with Gasteiger partial charge in [-0.2, -0.15) is 4.98 Å². The van der Waals surface area contributed by atoms with Gasteiger partial charge in [0, 0.05) is 23.8 Å². The number of aromatic nitrogens is 3. The second-order valence-electron chi connectivity index (χ2n) is 3.99. The maximum atomic E-state index is 10.8. The lowest BCUT2D eigenvalue weighted by atomic mass is 10.2. The van der Waals surface area contributed by atoms with Crippen LogP contribution < -0.4 is 4.74 Å². The Morgan fingerprint density at radius 2 is 2.00 bits per heavy atom. The summed E-state index contributed by atoms with van der Waals surface area (Å²) in [7, 11) is 0. The highest BCUT2D eigenvalue weighted by Gasteiger charge is 2.08. The molecule has 0 saturated carbocycles. The number of carbonyl (C=O) groups is 1. The Kier molecular flexibility index (Phi) is 2.96. The second kappa shape index (κ2) is 4.93. The fourth-order valence-corrected chi connectivity index (χ4v) is 1.72. The number of hydrogen-bond donors (Lipinski definition) is 1. The van der Waals surface area contributed by atoms with Crippen molar-refractivity contribution in [3.05, 3.63) is 54.5 Å². The molecule has 0 bridgehead atoms. The molecule has 6 heteroatoms. The zero-order valence-corrected chi connectivity index (χ0v) is 10.2. The minimum Gasteiger partial charge on any atom is -0.477 e. The molecule has 0 aliphatic heterocycles. The molecule has 0 unspecified atom stereocenters. The van der Waals surface area contributed by atoms with Crippen LogP contribution in [0.3, 0.4) is 0 Å². The average molecular weight is 267 g/mol. The zero-order chi connectivity index (χ0) is 13.9. The molecule has 0 amide bonds. The third kappa shape index (κ3) is 2.39. The van der Waals surface area contributed by atoms with Crippen LogP contribution in [0.4, 0.5) is 0 Å². The molecule has 1 N–H and O–H groups in total. The summed E-state index contributed by atoms with van der Waals surface area (Å²) in [6.45, 7) is 0. The highest BCUT2D eigenvalue weighted by molar-refractivity contribution is 5.85. The van der Waals surface area contributed by atoms with Crippen LogP contribution in [0.2, 0.25) is 0 Å². The van der Waals surface area contributed by atoms with E-state index in [1.54, 1.807) is 18.3 Å².